The molecule has 238 valence electrons. The van der Waals surface area contributed by atoms with Gasteiger partial charge in [0.1, 0.15) is 0 Å². The smallest absolute Gasteiger partial charge is 0.164 e. The van der Waals surface area contributed by atoms with Crippen molar-refractivity contribution in [2.45, 2.75) is 0 Å². The monoisotopic (exact) mass is 686 g/mol. The van der Waals surface area contributed by atoms with E-state index in [4.69, 9.17) is 15.0 Å². The maximum absolute atomic E-state index is 5.00. The molecule has 7 aromatic carbocycles. The molecule has 0 amide bonds. The normalized spacial score (nSPS) is 11.9. The Morgan fingerprint density at radius 2 is 0.863 bits per heavy atom. The van der Waals surface area contributed by atoms with E-state index in [0.29, 0.717) is 17.5 Å². The Labute approximate surface area is 300 Å². The minimum Gasteiger partial charge on any atom is -0.309 e. The van der Waals surface area contributed by atoms with Gasteiger partial charge in [0.15, 0.2) is 17.5 Å². The molecule has 0 spiro atoms. The predicted octanol–water partition coefficient (Wildman–Crippen LogP) is 12.7. The Bertz CT molecular complexity index is 3030. The molecule has 0 atom stereocenters. The van der Waals surface area contributed by atoms with Crippen molar-refractivity contribution in [3.05, 3.63) is 158 Å². The molecule has 0 aliphatic carbocycles. The van der Waals surface area contributed by atoms with Gasteiger partial charge in [-0.1, -0.05) is 109 Å². The zero-order chi connectivity index (χ0) is 33.5. The first-order chi connectivity index (χ1) is 25.3. The lowest BCUT2D eigenvalue weighted by Crippen LogP contribution is -1.99. The maximum atomic E-state index is 5.00. The Kier molecular flexibility index (Phi) is 6.26. The molecule has 0 aliphatic heterocycles. The third-order valence-electron chi connectivity index (χ3n) is 9.85. The Hall–Kier alpha value is -6.21. The fourth-order valence-corrected chi connectivity index (χ4v) is 9.79. The van der Waals surface area contributed by atoms with Crippen LogP contribution in [0.3, 0.4) is 0 Å². The number of hydrogen-bond acceptors (Lipinski definition) is 5. The number of benzene rings is 7. The van der Waals surface area contributed by atoms with E-state index in [9.17, 15) is 0 Å². The fourth-order valence-electron chi connectivity index (χ4n) is 7.54. The zero-order valence-corrected chi connectivity index (χ0v) is 28.7. The van der Waals surface area contributed by atoms with Crippen LogP contribution in [0, 0.1) is 0 Å². The summed E-state index contributed by atoms with van der Waals surface area (Å²) >= 11 is 3.70. The number of para-hydroxylation sites is 2. The molecule has 0 radical (unpaired) electrons. The number of nitrogens with zero attached hydrogens (tertiary/aromatic N) is 4. The fraction of sp³-hybridized carbons (Fsp3) is 0. The standard InChI is InChI=1S/C45H26N4S2/c1-3-11-27(12-4-1)43-46-44(28-13-5-2-6-14-28)48-45(47-43)29-19-21-33-40(25-29)51-38-23-24-39-42(41(33)38)34-26-30(20-22-37(34)50-39)49-35-17-9-7-15-31(35)32-16-8-10-18-36(32)49/h1-26H. The van der Waals surface area contributed by atoms with Crippen molar-refractivity contribution in [2.75, 3.05) is 0 Å². The number of rotatable bonds is 4. The van der Waals surface area contributed by atoms with Crippen LogP contribution in [-0.2, 0) is 0 Å². The molecule has 6 heteroatoms. The third kappa shape index (κ3) is 4.47. The van der Waals surface area contributed by atoms with Gasteiger partial charge in [0, 0.05) is 73.5 Å². The van der Waals surface area contributed by atoms with Crippen LogP contribution in [0.5, 0.6) is 0 Å². The number of thiophene rings is 2. The van der Waals surface area contributed by atoms with Gasteiger partial charge in [0.2, 0.25) is 0 Å². The van der Waals surface area contributed by atoms with Crippen LogP contribution in [0.25, 0.3) is 102 Å². The lowest BCUT2D eigenvalue weighted by atomic mass is 10.0. The third-order valence-corrected chi connectivity index (χ3v) is 12.1. The highest BCUT2D eigenvalue weighted by Crippen LogP contribution is 2.46. The van der Waals surface area contributed by atoms with E-state index in [-0.39, 0.29) is 0 Å². The highest BCUT2D eigenvalue weighted by Gasteiger charge is 2.18. The summed E-state index contributed by atoms with van der Waals surface area (Å²) in [6, 6.07) is 56.0. The second-order valence-electron chi connectivity index (χ2n) is 12.8. The summed E-state index contributed by atoms with van der Waals surface area (Å²) in [4.78, 5) is 14.9. The molecule has 4 nitrogen and oxygen atoms in total. The van der Waals surface area contributed by atoms with Crippen LogP contribution in [0.15, 0.2) is 158 Å². The minimum absolute atomic E-state index is 0.668. The first-order valence-electron chi connectivity index (χ1n) is 16.9. The Morgan fingerprint density at radius 1 is 0.353 bits per heavy atom. The van der Waals surface area contributed by atoms with Gasteiger partial charge in [-0.05, 0) is 48.5 Å². The van der Waals surface area contributed by atoms with Gasteiger partial charge in [-0.3, -0.25) is 0 Å². The molecule has 0 saturated heterocycles. The molecule has 4 aromatic heterocycles. The first-order valence-corrected chi connectivity index (χ1v) is 18.6. The van der Waals surface area contributed by atoms with Gasteiger partial charge in [0.05, 0.1) is 11.0 Å². The maximum Gasteiger partial charge on any atom is 0.164 e. The Balaban J connectivity index is 1.11. The summed E-state index contributed by atoms with van der Waals surface area (Å²) in [5.41, 5.74) is 6.53. The molecule has 51 heavy (non-hydrogen) atoms. The molecule has 0 bridgehead atoms. The largest absolute Gasteiger partial charge is 0.309 e. The summed E-state index contributed by atoms with van der Waals surface area (Å²) in [6.07, 6.45) is 0. The molecule has 0 unspecified atom stereocenters. The van der Waals surface area contributed by atoms with Gasteiger partial charge in [-0.25, -0.2) is 15.0 Å². The molecular formula is C45H26N4S2. The van der Waals surface area contributed by atoms with Crippen LogP contribution in [-0.4, -0.2) is 19.5 Å². The van der Waals surface area contributed by atoms with Crippen molar-refractivity contribution in [3.8, 4) is 39.9 Å². The average Bonchev–Trinajstić information content (AvgIpc) is 3.87. The van der Waals surface area contributed by atoms with Crippen LogP contribution in [0.4, 0.5) is 0 Å². The second kappa shape index (κ2) is 11.2. The van der Waals surface area contributed by atoms with Crippen molar-refractivity contribution in [2.24, 2.45) is 0 Å². The lowest BCUT2D eigenvalue weighted by Gasteiger charge is -2.09. The predicted molar refractivity (Wildman–Crippen MR) is 216 cm³/mol. The van der Waals surface area contributed by atoms with E-state index in [1.54, 1.807) is 0 Å². The molecule has 0 N–H and O–H groups in total. The topological polar surface area (TPSA) is 43.6 Å². The van der Waals surface area contributed by atoms with Gasteiger partial charge in [0.25, 0.3) is 0 Å². The zero-order valence-electron chi connectivity index (χ0n) is 27.1. The summed E-state index contributed by atoms with van der Waals surface area (Å²) < 4.78 is 7.51. The molecule has 4 heterocycles. The van der Waals surface area contributed by atoms with Crippen molar-refractivity contribution in [1.82, 2.24) is 19.5 Å². The highest BCUT2D eigenvalue weighted by molar-refractivity contribution is 7.28. The molecule has 11 rings (SSSR count). The summed E-state index contributed by atoms with van der Waals surface area (Å²) in [6.45, 7) is 0. The minimum atomic E-state index is 0.668. The summed E-state index contributed by atoms with van der Waals surface area (Å²) in [5, 5.41) is 7.74. The van der Waals surface area contributed by atoms with Crippen molar-refractivity contribution in [1.29, 1.82) is 0 Å². The first kappa shape index (κ1) is 28.6. The van der Waals surface area contributed by atoms with E-state index in [1.165, 1.54) is 67.8 Å². The van der Waals surface area contributed by atoms with E-state index in [1.807, 2.05) is 83.3 Å². The molecule has 0 saturated carbocycles. The Morgan fingerprint density at radius 3 is 1.49 bits per heavy atom. The number of hydrogen-bond donors (Lipinski definition) is 0. The molecular weight excluding hydrogens is 661 g/mol. The van der Waals surface area contributed by atoms with E-state index >= 15 is 0 Å². The van der Waals surface area contributed by atoms with Crippen molar-refractivity contribution >= 4 is 84.8 Å². The second-order valence-corrected chi connectivity index (χ2v) is 15.0. The van der Waals surface area contributed by atoms with E-state index in [0.717, 1.165) is 16.7 Å². The lowest BCUT2D eigenvalue weighted by molar-refractivity contribution is 1.07. The SMILES string of the molecule is c1ccc(-c2nc(-c3ccccc3)nc(-c3ccc4c(c3)sc3ccc5sc6ccc(-n7c8ccccc8c8ccccc87)cc6c5c34)n2)cc1. The van der Waals surface area contributed by atoms with Gasteiger partial charge < -0.3 is 4.57 Å². The number of fused-ring (bicyclic) bond motifs is 10. The molecule has 11 aromatic rings. The van der Waals surface area contributed by atoms with E-state index in [2.05, 4.69) is 102 Å². The summed E-state index contributed by atoms with van der Waals surface area (Å²) in [7, 11) is 0. The van der Waals surface area contributed by atoms with Crippen molar-refractivity contribution in [3.63, 3.8) is 0 Å². The van der Waals surface area contributed by atoms with Crippen LogP contribution < -0.4 is 0 Å². The quantitative estimate of drug-likeness (QED) is 0.185. The van der Waals surface area contributed by atoms with Crippen LogP contribution in [0.2, 0.25) is 0 Å². The van der Waals surface area contributed by atoms with E-state index < -0.39 is 0 Å². The van der Waals surface area contributed by atoms with Crippen LogP contribution in [0.1, 0.15) is 0 Å². The molecule has 0 fully saturated rings. The highest BCUT2D eigenvalue weighted by atomic mass is 32.1. The summed E-state index contributed by atoms with van der Waals surface area (Å²) in [5.74, 6) is 2.01. The van der Waals surface area contributed by atoms with Crippen LogP contribution >= 0.6 is 22.7 Å². The molecule has 0 aliphatic rings. The average molecular weight is 687 g/mol. The van der Waals surface area contributed by atoms with Gasteiger partial charge >= 0.3 is 0 Å². The number of aromatic nitrogens is 4. The van der Waals surface area contributed by atoms with Gasteiger partial charge in [-0.15, -0.1) is 22.7 Å². The van der Waals surface area contributed by atoms with Gasteiger partial charge in [-0.2, -0.15) is 0 Å². The van der Waals surface area contributed by atoms with Crippen molar-refractivity contribution < 1.29 is 0 Å².